The normalized spacial score (nSPS) is 11.5. The summed E-state index contributed by atoms with van der Waals surface area (Å²) in [5.41, 5.74) is 5.83. The topological polar surface area (TPSA) is 115 Å². The minimum absolute atomic E-state index is 0.155. The number of pyridine rings is 1. The number of carbonyl (C=O) groups excluding carboxylic acids is 2. The number of ketones is 1. The highest BCUT2D eigenvalue weighted by Crippen LogP contribution is 2.33. The van der Waals surface area contributed by atoms with Gasteiger partial charge >= 0.3 is 0 Å². The van der Waals surface area contributed by atoms with Crippen molar-refractivity contribution in [2.24, 2.45) is 5.73 Å². The van der Waals surface area contributed by atoms with Crippen molar-refractivity contribution >= 4 is 23.3 Å². The summed E-state index contributed by atoms with van der Waals surface area (Å²) in [5.74, 6) is -1.77. The van der Waals surface area contributed by atoms with E-state index in [9.17, 15) is 24.0 Å². The Labute approximate surface area is 200 Å². The number of benzene rings is 2. The number of amides is 1. The number of ether oxygens (including phenoxy) is 1. The highest BCUT2D eigenvalue weighted by atomic mass is 35.5. The molecule has 174 valence electrons. The number of nitriles is 1. The average molecular weight is 482 g/mol. The fourth-order valence-corrected chi connectivity index (χ4v) is 3.92. The van der Waals surface area contributed by atoms with Crippen molar-refractivity contribution in [1.29, 1.82) is 5.26 Å². The van der Waals surface area contributed by atoms with Gasteiger partial charge in [0.1, 0.15) is 11.6 Å². The van der Waals surface area contributed by atoms with Crippen LogP contribution < -0.4 is 16.0 Å². The van der Waals surface area contributed by atoms with Crippen molar-refractivity contribution in [2.75, 3.05) is 7.11 Å². The molecule has 0 spiro atoms. The van der Waals surface area contributed by atoms with Gasteiger partial charge in [0.15, 0.2) is 5.78 Å². The number of aromatic nitrogens is 1. The maximum absolute atomic E-state index is 14.1. The number of nitrogens with two attached hydrogens (primary N) is 1. The second-order valence-electron chi connectivity index (χ2n) is 7.55. The third kappa shape index (κ3) is 5.00. The van der Waals surface area contributed by atoms with Crippen LogP contribution in [0.1, 0.15) is 40.9 Å². The van der Waals surface area contributed by atoms with Crippen LogP contribution in [0.5, 0.6) is 5.75 Å². The third-order valence-electron chi connectivity index (χ3n) is 5.43. The summed E-state index contributed by atoms with van der Waals surface area (Å²) >= 11 is 6.09. The fraction of sp³-hybridized carbons (Fsp3) is 0.200. The molecule has 0 saturated heterocycles. The molecule has 0 radical (unpaired) electrons. The quantitative estimate of drug-likeness (QED) is 0.521. The van der Waals surface area contributed by atoms with Gasteiger partial charge in [-0.25, -0.2) is 4.39 Å². The summed E-state index contributed by atoms with van der Waals surface area (Å²) in [4.78, 5) is 37.3. The Balaban J connectivity index is 2.00. The number of hydrogen-bond acceptors (Lipinski definition) is 5. The molecule has 0 aliphatic rings. The molecule has 1 unspecified atom stereocenters. The van der Waals surface area contributed by atoms with E-state index in [0.29, 0.717) is 33.7 Å². The molecule has 1 amide bonds. The maximum Gasteiger partial charge on any atom is 0.252 e. The fourth-order valence-electron chi connectivity index (χ4n) is 3.75. The number of carbonyl (C=O) groups is 2. The first-order chi connectivity index (χ1) is 16.2. The molecule has 0 saturated carbocycles. The minimum Gasteiger partial charge on any atom is -0.495 e. The Morgan fingerprint density at radius 1 is 1.21 bits per heavy atom. The smallest absolute Gasteiger partial charge is 0.252 e. The molecular weight excluding hydrogens is 461 g/mol. The largest absolute Gasteiger partial charge is 0.495 e. The van der Waals surface area contributed by atoms with Gasteiger partial charge in [0, 0.05) is 28.6 Å². The van der Waals surface area contributed by atoms with Gasteiger partial charge in [0.2, 0.25) is 0 Å². The van der Waals surface area contributed by atoms with E-state index in [1.807, 2.05) is 0 Å². The summed E-state index contributed by atoms with van der Waals surface area (Å²) in [7, 11) is 1.41. The molecule has 1 atom stereocenters. The lowest BCUT2D eigenvalue weighted by Gasteiger charge is -2.20. The molecule has 0 aliphatic carbocycles. The molecule has 7 nitrogen and oxygen atoms in total. The predicted octanol–water partition coefficient (Wildman–Crippen LogP) is 4.05. The Morgan fingerprint density at radius 3 is 2.53 bits per heavy atom. The molecule has 3 rings (SSSR count). The van der Waals surface area contributed by atoms with Crippen molar-refractivity contribution in [3.63, 3.8) is 0 Å². The van der Waals surface area contributed by atoms with Crippen molar-refractivity contribution in [3.05, 3.63) is 86.5 Å². The summed E-state index contributed by atoms with van der Waals surface area (Å²) in [6.07, 6.45) is 1.56. The van der Waals surface area contributed by atoms with Crippen molar-refractivity contribution in [1.82, 2.24) is 4.57 Å². The van der Waals surface area contributed by atoms with E-state index >= 15 is 0 Å². The monoisotopic (exact) mass is 481 g/mol. The number of methoxy groups -OCH3 is 1. The summed E-state index contributed by atoms with van der Waals surface area (Å²) in [5, 5.41) is 9.84. The Kier molecular flexibility index (Phi) is 7.49. The zero-order valence-corrected chi connectivity index (χ0v) is 19.2. The number of halogens is 2. The Hall–Kier alpha value is -3.96. The lowest BCUT2D eigenvalue weighted by atomic mass is 9.98. The van der Waals surface area contributed by atoms with Crippen molar-refractivity contribution < 1.29 is 18.7 Å². The van der Waals surface area contributed by atoms with E-state index < -0.39 is 23.3 Å². The van der Waals surface area contributed by atoms with Crippen molar-refractivity contribution in [3.8, 4) is 22.9 Å². The predicted molar refractivity (Wildman–Crippen MR) is 125 cm³/mol. The van der Waals surface area contributed by atoms with Crippen LogP contribution in [-0.4, -0.2) is 23.4 Å². The molecule has 2 N–H and O–H groups in total. The maximum atomic E-state index is 14.1. The van der Waals surface area contributed by atoms with Gasteiger partial charge in [0.05, 0.1) is 36.5 Å². The van der Waals surface area contributed by atoms with Gasteiger partial charge in [-0.05, 0) is 42.3 Å². The number of hydrogen-bond donors (Lipinski definition) is 1. The van der Waals surface area contributed by atoms with Crippen LogP contribution in [0.25, 0.3) is 11.1 Å². The van der Waals surface area contributed by atoms with Gasteiger partial charge in [-0.3, -0.25) is 14.4 Å². The lowest BCUT2D eigenvalue weighted by Crippen LogP contribution is -2.30. The SMILES string of the molecule is CCC(C(=O)Cc1ccc(C(N)=O)c(F)c1)n1cc(OC)c(-c2cc(Cl)ccc2C#N)cc1=O. The number of Topliss-reactive ketones (excluding diaryl/α,β-unsaturated/α-hetero) is 1. The van der Waals surface area contributed by atoms with Gasteiger partial charge in [-0.1, -0.05) is 24.6 Å². The first kappa shape index (κ1) is 24.7. The minimum atomic E-state index is -0.903. The van der Waals surface area contributed by atoms with Crippen molar-refractivity contribution in [2.45, 2.75) is 25.8 Å². The zero-order chi connectivity index (χ0) is 25.0. The summed E-state index contributed by atoms with van der Waals surface area (Å²) in [6.45, 7) is 1.75. The first-order valence-corrected chi connectivity index (χ1v) is 10.7. The molecule has 2 aromatic carbocycles. The van der Waals surface area contributed by atoms with E-state index in [2.05, 4.69) is 6.07 Å². The molecule has 3 aromatic rings. The third-order valence-corrected chi connectivity index (χ3v) is 5.66. The molecule has 1 heterocycles. The standard InChI is InChI=1S/C25H21ClFN3O4/c1-3-21(22(31)9-14-4-7-17(25(29)33)20(27)8-14)30-13-23(34-2)19(11-24(30)32)18-10-16(26)6-5-15(18)12-28/h4-8,10-11,13,21H,3,9H2,1-2H3,(H2,29,33). The van der Waals surface area contributed by atoms with Crippen LogP contribution in [0.3, 0.4) is 0 Å². The molecule has 0 aliphatic heterocycles. The average Bonchev–Trinajstić information content (AvgIpc) is 2.80. The first-order valence-electron chi connectivity index (χ1n) is 10.3. The van der Waals surface area contributed by atoms with Gasteiger partial charge in [-0.15, -0.1) is 0 Å². The molecule has 0 fully saturated rings. The van der Waals surface area contributed by atoms with Crippen LogP contribution >= 0.6 is 11.6 Å². The number of primary amides is 1. The van der Waals surface area contributed by atoms with E-state index in [1.165, 1.54) is 36.1 Å². The Morgan fingerprint density at radius 2 is 1.94 bits per heavy atom. The summed E-state index contributed by atoms with van der Waals surface area (Å²) < 4.78 is 20.8. The highest BCUT2D eigenvalue weighted by Gasteiger charge is 2.23. The number of nitrogens with zero attached hydrogens (tertiary/aromatic N) is 2. The van der Waals surface area contributed by atoms with Gasteiger partial charge in [-0.2, -0.15) is 5.26 Å². The molecule has 34 heavy (non-hydrogen) atoms. The van der Waals surface area contributed by atoms with Gasteiger partial charge < -0.3 is 15.0 Å². The Bertz CT molecular complexity index is 1380. The second kappa shape index (κ2) is 10.3. The molecule has 9 heteroatoms. The van der Waals surface area contributed by atoms with E-state index in [0.717, 1.165) is 6.07 Å². The van der Waals surface area contributed by atoms with Crippen LogP contribution in [0, 0.1) is 17.1 Å². The lowest BCUT2D eigenvalue weighted by molar-refractivity contribution is -0.121. The van der Waals surface area contributed by atoms with Crippen LogP contribution in [0.4, 0.5) is 4.39 Å². The van der Waals surface area contributed by atoms with Crippen LogP contribution in [-0.2, 0) is 11.2 Å². The second-order valence-corrected chi connectivity index (χ2v) is 7.98. The van der Waals surface area contributed by atoms with E-state index in [4.69, 9.17) is 22.1 Å². The number of rotatable bonds is 8. The van der Waals surface area contributed by atoms with Crippen LogP contribution in [0.15, 0.2) is 53.5 Å². The highest BCUT2D eigenvalue weighted by molar-refractivity contribution is 6.31. The molecule has 0 bridgehead atoms. The van der Waals surface area contributed by atoms with E-state index in [-0.39, 0.29) is 23.5 Å². The summed E-state index contributed by atoms with van der Waals surface area (Å²) in [6, 6.07) is 11.0. The molecular formula is C25H21ClFN3O4. The molecule has 1 aromatic heterocycles. The van der Waals surface area contributed by atoms with Crippen LogP contribution in [0.2, 0.25) is 5.02 Å². The van der Waals surface area contributed by atoms with Gasteiger partial charge in [0.25, 0.3) is 11.5 Å². The zero-order valence-electron chi connectivity index (χ0n) is 18.5. The van der Waals surface area contributed by atoms with E-state index in [1.54, 1.807) is 25.1 Å².